The Morgan fingerprint density at radius 2 is 2.24 bits per heavy atom. The molecule has 0 N–H and O–H groups in total. The van der Waals surface area contributed by atoms with Gasteiger partial charge in [-0.3, -0.25) is 4.79 Å². The molecule has 0 aliphatic carbocycles. The minimum atomic E-state index is -0.405. The van der Waals surface area contributed by atoms with Crippen molar-refractivity contribution in [2.45, 2.75) is 6.92 Å². The molecule has 0 bridgehead atoms. The Labute approximate surface area is 154 Å². The fourth-order valence-corrected chi connectivity index (χ4v) is 2.66. The van der Waals surface area contributed by atoms with Crippen LogP contribution in [-0.2, 0) is 0 Å². The number of hydrogen-bond donors (Lipinski definition) is 0. The first-order valence-electron chi connectivity index (χ1n) is 7.49. The molecule has 0 radical (unpaired) electrons. The quantitative estimate of drug-likeness (QED) is 0.275. The summed E-state index contributed by atoms with van der Waals surface area (Å²) in [6, 6.07) is 6.91. The van der Waals surface area contributed by atoms with Crippen LogP contribution in [0.3, 0.4) is 0 Å². The second-order valence-corrected chi connectivity index (χ2v) is 5.73. The largest absolute Gasteiger partial charge is 0.490 e. The molecule has 0 atom stereocenters. The highest BCUT2D eigenvalue weighted by molar-refractivity contribution is 9.10. The highest BCUT2D eigenvalue weighted by atomic mass is 79.9. The summed E-state index contributed by atoms with van der Waals surface area (Å²) in [7, 11) is 0. The summed E-state index contributed by atoms with van der Waals surface area (Å²) in [5.74, 6) is 0.647. The molecule has 6 heteroatoms. The van der Waals surface area contributed by atoms with E-state index >= 15 is 0 Å². The van der Waals surface area contributed by atoms with Crippen molar-refractivity contribution in [3.63, 3.8) is 0 Å². The van der Waals surface area contributed by atoms with Crippen molar-refractivity contribution in [2.24, 2.45) is 0 Å². The fraction of sp³-hybridized carbons (Fsp3) is 0.158. The average Bonchev–Trinajstić information content (AvgIpc) is 3.13. The second-order valence-electron chi connectivity index (χ2n) is 4.87. The number of hydrogen-bond acceptors (Lipinski definition) is 5. The van der Waals surface area contributed by atoms with E-state index in [1.165, 1.54) is 24.7 Å². The van der Waals surface area contributed by atoms with Crippen LogP contribution in [0.4, 0.5) is 0 Å². The number of benzene rings is 1. The first kappa shape index (κ1) is 18.6. The molecule has 2 rings (SSSR count). The van der Waals surface area contributed by atoms with E-state index in [0.29, 0.717) is 40.3 Å². The first-order chi connectivity index (χ1) is 12.1. The van der Waals surface area contributed by atoms with E-state index < -0.39 is 5.78 Å². The van der Waals surface area contributed by atoms with Gasteiger partial charge in [0.1, 0.15) is 24.5 Å². The maximum atomic E-state index is 12.3. The molecule has 1 aromatic heterocycles. The number of rotatable bonds is 8. The number of nitriles is 1. The molecule has 2 aromatic rings. The third kappa shape index (κ3) is 4.61. The van der Waals surface area contributed by atoms with Crippen LogP contribution in [0.1, 0.15) is 22.8 Å². The molecule has 0 saturated heterocycles. The third-order valence-electron chi connectivity index (χ3n) is 3.14. The molecule has 0 saturated carbocycles. The number of carbonyl (C=O) groups is 1. The summed E-state index contributed by atoms with van der Waals surface area (Å²) in [4.78, 5) is 12.3. The molecule has 1 heterocycles. The van der Waals surface area contributed by atoms with Gasteiger partial charge in [-0.05, 0) is 52.7 Å². The number of carbonyl (C=O) groups excluding carboxylic acids is 1. The Kier molecular flexibility index (Phi) is 6.61. The second kappa shape index (κ2) is 8.90. The van der Waals surface area contributed by atoms with Gasteiger partial charge in [0.2, 0.25) is 5.78 Å². The zero-order valence-electron chi connectivity index (χ0n) is 13.6. The van der Waals surface area contributed by atoms with Crippen molar-refractivity contribution in [3.8, 4) is 17.6 Å². The summed E-state index contributed by atoms with van der Waals surface area (Å²) in [6.07, 6.45) is 5.83. The monoisotopic (exact) mass is 401 g/mol. The number of ether oxygens (including phenoxy) is 2. The normalized spacial score (nSPS) is 10.8. The molecule has 0 aliphatic rings. The minimum absolute atomic E-state index is 0.00416. The molecule has 0 aliphatic heterocycles. The molecular weight excluding hydrogens is 386 g/mol. The van der Waals surface area contributed by atoms with Gasteiger partial charge >= 0.3 is 0 Å². The zero-order valence-corrected chi connectivity index (χ0v) is 15.2. The van der Waals surface area contributed by atoms with Crippen molar-refractivity contribution in [1.82, 2.24) is 0 Å². The summed E-state index contributed by atoms with van der Waals surface area (Å²) >= 11 is 3.43. The van der Waals surface area contributed by atoms with Crippen molar-refractivity contribution in [2.75, 3.05) is 13.2 Å². The highest BCUT2D eigenvalue weighted by Gasteiger charge is 2.15. The smallest absolute Gasteiger partial charge is 0.206 e. The predicted molar refractivity (Wildman–Crippen MR) is 97.6 cm³/mol. The number of halogens is 1. The summed E-state index contributed by atoms with van der Waals surface area (Å²) in [6.45, 7) is 6.26. The van der Waals surface area contributed by atoms with Crippen LogP contribution in [0.2, 0.25) is 0 Å². The molecular formula is C19H16BrNO4. The van der Waals surface area contributed by atoms with Crippen LogP contribution in [0.25, 0.3) is 6.08 Å². The third-order valence-corrected chi connectivity index (χ3v) is 3.73. The number of nitrogens with zero attached hydrogens (tertiary/aromatic N) is 1. The molecule has 1 aromatic carbocycles. The lowest BCUT2D eigenvalue weighted by Crippen LogP contribution is -2.02. The summed E-state index contributed by atoms with van der Waals surface area (Å²) in [5, 5.41) is 9.32. The van der Waals surface area contributed by atoms with E-state index in [2.05, 4.69) is 22.5 Å². The number of Topliss-reactive ketones (excluding diaryl/α,β-unsaturated/α-hetero) is 1. The first-order valence-corrected chi connectivity index (χ1v) is 8.28. The SMILES string of the molecule is C=CCOc1c(Br)cc(C=C(C#N)C(=O)c2ccoc2)cc1OCC. The Morgan fingerprint density at radius 3 is 2.84 bits per heavy atom. The molecule has 128 valence electrons. The Hall–Kier alpha value is -2.78. The van der Waals surface area contributed by atoms with Crippen LogP contribution in [0.15, 0.2) is 57.8 Å². The minimum Gasteiger partial charge on any atom is -0.490 e. The van der Waals surface area contributed by atoms with Crippen LogP contribution in [0, 0.1) is 11.3 Å². The van der Waals surface area contributed by atoms with E-state index in [1.807, 2.05) is 13.0 Å². The van der Waals surface area contributed by atoms with Gasteiger partial charge < -0.3 is 13.9 Å². The summed E-state index contributed by atoms with van der Waals surface area (Å²) in [5.41, 5.74) is 0.952. The topological polar surface area (TPSA) is 72.5 Å². The average molecular weight is 402 g/mol. The van der Waals surface area contributed by atoms with E-state index in [9.17, 15) is 10.1 Å². The standard InChI is InChI=1S/C19H16BrNO4/c1-3-6-25-19-16(20)9-13(10-17(19)24-4-2)8-15(11-21)18(22)14-5-7-23-12-14/h3,5,7-10,12H,1,4,6H2,2H3. The van der Waals surface area contributed by atoms with Crippen LogP contribution < -0.4 is 9.47 Å². The number of allylic oxidation sites excluding steroid dienone is 1. The Morgan fingerprint density at radius 1 is 1.44 bits per heavy atom. The van der Waals surface area contributed by atoms with Gasteiger partial charge in [-0.1, -0.05) is 12.7 Å². The highest BCUT2D eigenvalue weighted by Crippen LogP contribution is 2.37. The van der Waals surface area contributed by atoms with Gasteiger partial charge in [0.15, 0.2) is 11.5 Å². The predicted octanol–water partition coefficient (Wildman–Crippen LogP) is 4.80. The number of furan rings is 1. The van der Waals surface area contributed by atoms with Crippen LogP contribution in [-0.4, -0.2) is 19.0 Å². The van der Waals surface area contributed by atoms with E-state index in [4.69, 9.17) is 13.9 Å². The van der Waals surface area contributed by atoms with Crippen molar-refractivity contribution >= 4 is 27.8 Å². The van der Waals surface area contributed by atoms with E-state index in [0.717, 1.165) is 0 Å². The van der Waals surface area contributed by atoms with Gasteiger partial charge in [0.25, 0.3) is 0 Å². The van der Waals surface area contributed by atoms with Crippen LogP contribution >= 0.6 is 15.9 Å². The molecule has 0 spiro atoms. The van der Waals surface area contributed by atoms with Crippen molar-refractivity contribution in [1.29, 1.82) is 5.26 Å². The lowest BCUT2D eigenvalue weighted by molar-refractivity contribution is 0.103. The maximum Gasteiger partial charge on any atom is 0.206 e. The molecule has 5 nitrogen and oxygen atoms in total. The Bertz CT molecular complexity index is 832. The molecule has 0 fully saturated rings. The lowest BCUT2D eigenvalue weighted by Gasteiger charge is -2.13. The maximum absolute atomic E-state index is 12.3. The summed E-state index contributed by atoms with van der Waals surface area (Å²) < 4.78 is 16.8. The Balaban J connectivity index is 2.42. The van der Waals surface area contributed by atoms with E-state index in [-0.39, 0.29) is 5.57 Å². The van der Waals surface area contributed by atoms with Gasteiger partial charge in [-0.15, -0.1) is 0 Å². The van der Waals surface area contributed by atoms with Crippen molar-refractivity contribution in [3.05, 3.63) is 64.6 Å². The zero-order chi connectivity index (χ0) is 18.2. The van der Waals surface area contributed by atoms with Gasteiger partial charge in [0, 0.05) is 0 Å². The van der Waals surface area contributed by atoms with Crippen molar-refractivity contribution < 1.29 is 18.7 Å². The molecule has 0 amide bonds. The van der Waals surface area contributed by atoms with Gasteiger partial charge in [-0.25, -0.2) is 0 Å². The van der Waals surface area contributed by atoms with Gasteiger partial charge in [-0.2, -0.15) is 5.26 Å². The fourth-order valence-electron chi connectivity index (χ4n) is 2.08. The molecule has 25 heavy (non-hydrogen) atoms. The van der Waals surface area contributed by atoms with Gasteiger partial charge in [0.05, 0.1) is 22.9 Å². The van der Waals surface area contributed by atoms with Crippen LogP contribution in [0.5, 0.6) is 11.5 Å². The molecule has 0 unspecified atom stereocenters. The lowest BCUT2D eigenvalue weighted by atomic mass is 10.0. The van der Waals surface area contributed by atoms with E-state index in [1.54, 1.807) is 18.2 Å². The number of ketones is 1.